The van der Waals surface area contributed by atoms with Crippen molar-refractivity contribution in [2.24, 2.45) is 0 Å². The van der Waals surface area contributed by atoms with Crippen LogP contribution in [-0.2, 0) is 27.6 Å². The number of benzene rings is 3. The highest BCUT2D eigenvalue weighted by Crippen LogP contribution is 2.26. The third-order valence-corrected chi connectivity index (χ3v) is 8.37. The minimum absolute atomic E-state index is 0.0478. The van der Waals surface area contributed by atoms with E-state index in [-0.39, 0.29) is 22.0 Å². The van der Waals surface area contributed by atoms with Gasteiger partial charge in [0.2, 0.25) is 0 Å². The molecule has 0 aromatic heterocycles. The third kappa shape index (κ3) is 7.48. The molecule has 1 heterocycles. The molecule has 1 aliphatic heterocycles. The van der Waals surface area contributed by atoms with Crippen LogP contribution in [0.5, 0.6) is 0 Å². The van der Waals surface area contributed by atoms with Crippen molar-refractivity contribution < 1.29 is 23.1 Å². The van der Waals surface area contributed by atoms with Crippen molar-refractivity contribution in [3.05, 3.63) is 105 Å². The van der Waals surface area contributed by atoms with Crippen molar-refractivity contribution >= 4 is 50.5 Å². The van der Waals surface area contributed by atoms with E-state index in [9.17, 15) is 23.1 Å². The molecule has 3 aromatic rings. The third-order valence-electron chi connectivity index (χ3n) is 6.61. The van der Waals surface area contributed by atoms with E-state index in [0.717, 1.165) is 42.7 Å². The van der Waals surface area contributed by atoms with Gasteiger partial charge in [-0.1, -0.05) is 71.7 Å². The number of carbonyl (C=O) groups excluding carboxylic acids is 1. The summed E-state index contributed by atoms with van der Waals surface area (Å²) in [6, 6.07) is 18.2. The Bertz CT molecular complexity index is 1480. The van der Waals surface area contributed by atoms with Crippen LogP contribution in [0.4, 0.5) is 0 Å². The van der Waals surface area contributed by atoms with Crippen LogP contribution in [0.3, 0.4) is 0 Å². The molecule has 2 N–H and O–H groups in total. The molecule has 1 amide bonds. The fraction of sp³-hybridized carbons (Fsp3) is 0.241. The molecule has 0 saturated heterocycles. The molecular formula is C29H28Cl2N2O5S. The van der Waals surface area contributed by atoms with Crippen LogP contribution in [0.15, 0.2) is 77.7 Å². The summed E-state index contributed by atoms with van der Waals surface area (Å²) in [5.74, 6) is -1.80. The number of sulfone groups is 1. The van der Waals surface area contributed by atoms with Crippen molar-refractivity contribution in [1.29, 1.82) is 0 Å². The van der Waals surface area contributed by atoms with Gasteiger partial charge in [-0.05, 0) is 52.9 Å². The Kier molecular flexibility index (Phi) is 9.12. The zero-order chi connectivity index (χ0) is 28.2. The first-order chi connectivity index (χ1) is 18.5. The van der Waals surface area contributed by atoms with Gasteiger partial charge in [-0.15, -0.1) is 0 Å². The smallest absolute Gasteiger partial charge is 0.326 e. The average Bonchev–Trinajstić information content (AvgIpc) is 2.89. The quantitative estimate of drug-likeness (QED) is 0.361. The number of aliphatic carboxylic acids is 1. The zero-order valence-electron chi connectivity index (χ0n) is 21.2. The van der Waals surface area contributed by atoms with Crippen molar-refractivity contribution in [1.82, 2.24) is 10.2 Å². The number of amides is 1. The molecule has 10 heteroatoms. The molecule has 0 bridgehead atoms. The Hall–Kier alpha value is -3.17. The number of carboxylic acid groups (broad SMARTS) is 1. The number of carbonyl (C=O) groups is 2. The second-order valence-electron chi connectivity index (χ2n) is 9.49. The van der Waals surface area contributed by atoms with Gasteiger partial charge < -0.3 is 10.4 Å². The summed E-state index contributed by atoms with van der Waals surface area (Å²) in [5.41, 5.74) is 4.15. The van der Waals surface area contributed by atoms with Crippen LogP contribution < -0.4 is 5.32 Å². The summed E-state index contributed by atoms with van der Waals surface area (Å²) in [4.78, 5) is 27.1. The van der Waals surface area contributed by atoms with Gasteiger partial charge in [-0.2, -0.15) is 0 Å². The first-order valence-corrected chi connectivity index (χ1v) is 14.9. The lowest BCUT2D eigenvalue weighted by atomic mass is 9.96. The van der Waals surface area contributed by atoms with E-state index in [0.29, 0.717) is 4.90 Å². The molecular weight excluding hydrogens is 559 g/mol. The van der Waals surface area contributed by atoms with Crippen LogP contribution in [0.25, 0.3) is 5.57 Å². The number of nitrogens with one attached hydrogen (secondary N) is 1. The highest BCUT2D eigenvalue weighted by Gasteiger charge is 2.24. The van der Waals surface area contributed by atoms with Gasteiger partial charge in [0.15, 0.2) is 9.84 Å². The van der Waals surface area contributed by atoms with Crippen LogP contribution in [0.1, 0.15) is 33.5 Å². The topological polar surface area (TPSA) is 104 Å². The second-order valence-corrected chi connectivity index (χ2v) is 12.3. The normalized spacial score (nSPS) is 14.9. The monoisotopic (exact) mass is 586 g/mol. The summed E-state index contributed by atoms with van der Waals surface area (Å²) >= 11 is 12.2. The molecule has 4 rings (SSSR count). The molecule has 0 radical (unpaired) electrons. The van der Waals surface area contributed by atoms with Crippen LogP contribution in [0.2, 0.25) is 10.0 Å². The van der Waals surface area contributed by atoms with E-state index >= 15 is 0 Å². The Labute approximate surface area is 238 Å². The maximum absolute atomic E-state index is 12.7. The lowest BCUT2D eigenvalue weighted by molar-refractivity contribution is -0.139. The van der Waals surface area contributed by atoms with Gasteiger partial charge in [0, 0.05) is 32.3 Å². The molecule has 1 aliphatic rings. The van der Waals surface area contributed by atoms with Crippen LogP contribution in [-0.4, -0.2) is 55.7 Å². The average molecular weight is 588 g/mol. The number of halogens is 2. The van der Waals surface area contributed by atoms with Crippen molar-refractivity contribution in [2.45, 2.75) is 30.3 Å². The molecule has 204 valence electrons. The fourth-order valence-electron chi connectivity index (χ4n) is 4.45. The zero-order valence-corrected chi connectivity index (χ0v) is 23.6. The van der Waals surface area contributed by atoms with E-state index in [2.05, 4.69) is 16.3 Å². The Morgan fingerprint density at radius 3 is 2.13 bits per heavy atom. The maximum atomic E-state index is 12.7. The van der Waals surface area contributed by atoms with Crippen molar-refractivity contribution in [3.63, 3.8) is 0 Å². The van der Waals surface area contributed by atoms with E-state index in [4.69, 9.17) is 23.2 Å². The van der Waals surface area contributed by atoms with Gasteiger partial charge in [0.05, 0.1) is 20.5 Å². The minimum atomic E-state index is -3.21. The number of nitrogens with zero attached hydrogens (tertiary/aromatic N) is 1. The molecule has 1 atom stereocenters. The molecule has 0 spiro atoms. The van der Waals surface area contributed by atoms with Gasteiger partial charge >= 0.3 is 5.97 Å². The second kappa shape index (κ2) is 12.3. The first kappa shape index (κ1) is 28.8. The SMILES string of the molecule is CS(=O)(=O)c1ccc(CN2CC=C(c3ccc(C[C@H](NC(=O)c4c(Cl)cccc4Cl)C(=O)O)cc3)CC2)cc1. The van der Waals surface area contributed by atoms with Crippen LogP contribution in [0, 0.1) is 0 Å². The molecule has 39 heavy (non-hydrogen) atoms. The number of carboxylic acids is 1. The molecule has 0 unspecified atom stereocenters. The standard InChI is InChI=1S/C29H28Cl2N2O5S/c1-39(37,38)23-11-7-20(8-12-23)18-33-15-13-22(14-16-33)21-9-5-19(6-10-21)17-26(29(35)36)32-28(34)27-24(30)3-2-4-25(27)31/h2-13,26H,14-18H2,1H3,(H,32,34)(H,35,36)/t26-/m0/s1. The number of hydrogen-bond acceptors (Lipinski definition) is 5. The van der Waals surface area contributed by atoms with Gasteiger partial charge in [0.1, 0.15) is 6.04 Å². The number of hydrogen-bond donors (Lipinski definition) is 2. The van der Waals surface area contributed by atoms with Gasteiger partial charge in [-0.25, -0.2) is 13.2 Å². The van der Waals surface area contributed by atoms with E-state index in [1.165, 1.54) is 24.0 Å². The summed E-state index contributed by atoms with van der Waals surface area (Å²) in [6.45, 7) is 2.36. The molecule has 0 saturated carbocycles. The molecule has 0 aliphatic carbocycles. The predicted molar refractivity (Wildman–Crippen MR) is 153 cm³/mol. The summed E-state index contributed by atoms with van der Waals surface area (Å²) in [6.07, 6.45) is 4.34. The van der Waals surface area contributed by atoms with E-state index in [1.54, 1.807) is 18.2 Å². The Morgan fingerprint density at radius 1 is 0.974 bits per heavy atom. The van der Waals surface area contributed by atoms with Crippen LogP contribution >= 0.6 is 23.2 Å². The molecule has 0 fully saturated rings. The van der Waals surface area contributed by atoms with E-state index < -0.39 is 27.8 Å². The lowest BCUT2D eigenvalue weighted by Crippen LogP contribution is -2.42. The van der Waals surface area contributed by atoms with Crippen molar-refractivity contribution in [3.8, 4) is 0 Å². The largest absolute Gasteiger partial charge is 0.480 e. The maximum Gasteiger partial charge on any atom is 0.326 e. The lowest BCUT2D eigenvalue weighted by Gasteiger charge is -2.26. The number of rotatable bonds is 9. The van der Waals surface area contributed by atoms with E-state index in [1.807, 2.05) is 36.4 Å². The summed E-state index contributed by atoms with van der Waals surface area (Å²) in [7, 11) is -3.21. The van der Waals surface area contributed by atoms with Gasteiger partial charge in [-0.3, -0.25) is 9.69 Å². The summed E-state index contributed by atoms with van der Waals surface area (Å²) in [5, 5.41) is 12.5. The predicted octanol–water partition coefficient (Wildman–Crippen LogP) is 5.11. The minimum Gasteiger partial charge on any atom is -0.480 e. The molecule has 3 aromatic carbocycles. The highest BCUT2D eigenvalue weighted by molar-refractivity contribution is 7.90. The first-order valence-electron chi connectivity index (χ1n) is 12.3. The molecule has 7 nitrogen and oxygen atoms in total. The van der Waals surface area contributed by atoms with Gasteiger partial charge in [0.25, 0.3) is 5.91 Å². The van der Waals surface area contributed by atoms with Crippen molar-refractivity contribution in [2.75, 3.05) is 19.3 Å². The Morgan fingerprint density at radius 2 is 1.59 bits per heavy atom. The fourth-order valence-corrected chi connectivity index (χ4v) is 5.65. The Balaban J connectivity index is 1.36. The summed E-state index contributed by atoms with van der Waals surface area (Å²) < 4.78 is 23.3. The highest BCUT2D eigenvalue weighted by atomic mass is 35.5.